The van der Waals surface area contributed by atoms with Gasteiger partial charge in [0.15, 0.2) is 11.5 Å². The Balaban J connectivity index is 2.27. The number of aromatic nitrogens is 2. The molecule has 1 N–H and O–H groups in total. The zero-order chi connectivity index (χ0) is 11.5. The van der Waals surface area contributed by atoms with Crippen LogP contribution in [0.3, 0.4) is 0 Å². The number of aryl methyl sites for hydroxylation is 1. The maximum Gasteiger partial charge on any atom is 0.358 e. The van der Waals surface area contributed by atoms with Gasteiger partial charge in [0, 0.05) is 13.1 Å². The van der Waals surface area contributed by atoms with Gasteiger partial charge in [-0.05, 0) is 6.92 Å². The average Bonchev–Trinajstić information content (AvgIpc) is 2.71. The molecule has 0 bridgehead atoms. The summed E-state index contributed by atoms with van der Waals surface area (Å²) in [6.07, 6.45) is 0. The van der Waals surface area contributed by atoms with Crippen LogP contribution in [0.4, 0.5) is 5.82 Å². The summed E-state index contributed by atoms with van der Waals surface area (Å²) in [7, 11) is 1.36. The molecule has 2 heterocycles. The van der Waals surface area contributed by atoms with Crippen molar-refractivity contribution in [3.63, 3.8) is 0 Å². The fraction of sp³-hybridized carbons (Fsp3) is 0.600. The largest absolute Gasteiger partial charge is 0.464 e. The third kappa shape index (κ3) is 2.01. The average molecular weight is 225 g/mol. The topological polar surface area (TPSA) is 67.5 Å². The molecule has 0 radical (unpaired) electrons. The molecule has 16 heavy (non-hydrogen) atoms. The first-order valence-electron chi connectivity index (χ1n) is 5.20. The van der Waals surface area contributed by atoms with Crippen LogP contribution in [0, 0.1) is 6.92 Å². The van der Waals surface area contributed by atoms with Crippen molar-refractivity contribution in [2.75, 3.05) is 38.3 Å². The molecule has 0 spiro atoms. The van der Waals surface area contributed by atoms with Crippen molar-refractivity contribution < 1.29 is 14.3 Å². The number of morpholine rings is 1. The summed E-state index contributed by atoms with van der Waals surface area (Å²) >= 11 is 0. The highest BCUT2D eigenvalue weighted by Crippen LogP contribution is 2.19. The number of hydrogen-bond acceptors (Lipinski definition) is 5. The zero-order valence-electron chi connectivity index (χ0n) is 9.45. The van der Waals surface area contributed by atoms with Gasteiger partial charge in [0.1, 0.15) is 5.82 Å². The molecule has 1 fully saturated rings. The standard InChI is InChI=1S/C10H15N3O3/c1-7-11-8(10(14)15-2)9(12-7)13-3-5-16-6-4-13/h3-6H2,1-2H3,(H,11,12). The lowest BCUT2D eigenvalue weighted by Gasteiger charge is -2.27. The number of esters is 1. The van der Waals surface area contributed by atoms with Crippen molar-refractivity contribution in [3.05, 3.63) is 11.5 Å². The summed E-state index contributed by atoms with van der Waals surface area (Å²) < 4.78 is 9.97. The summed E-state index contributed by atoms with van der Waals surface area (Å²) in [6.45, 7) is 4.62. The minimum atomic E-state index is -0.387. The second-order valence-electron chi connectivity index (χ2n) is 3.61. The molecule has 0 saturated carbocycles. The normalized spacial score (nSPS) is 16.2. The van der Waals surface area contributed by atoms with E-state index in [1.165, 1.54) is 7.11 Å². The molecule has 88 valence electrons. The van der Waals surface area contributed by atoms with Gasteiger partial charge in [0.25, 0.3) is 0 Å². The third-order valence-electron chi connectivity index (χ3n) is 2.50. The van der Waals surface area contributed by atoms with Crippen LogP contribution < -0.4 is 4.90 Å². The fourth-order valence-corrected chi connectivity index (χ4v) is 1.73. The number of methoxy groups -OCH3 is 1. The van der Waals surface area contributed by atoms with E-state index in [0.29, 0.717) is 30.5 Å². The molecular weight excluding hydrogens is 210 g/mol. The van der Waals surface area contributed by atoms with E-state index in [1.54, 1.807) is 0 Å². The van der Waals surface area contributed by atoms with Crippen LogP contribution in [-0.4, -0.2) is 49.4 Å². The quantitative estimate of drug-likeness (QED) is 0.735. The number of ether oxygens (including phenoxy) is 2. The van der Waals surface area contributed by atoms with Crippen molar-refractivity contribution in [1.29, 1.82) is 0 Å². The van der Waals surface area contributed by atoms with Crippen molar-refractivity contribution in [2.45, 2.75) is 6.92 Å². The molecule has 1 aliphatic rings. The Kier molecular flexibility index (Phi) is 3.09. The van der Waals surface area contributed by atoms with E-state index >= 15 is 0 Å². The van der Waals surface area contributed by atoms with Gasteiger partial charge in [-0.25, -0.2) is 9.78 Å². The first-order chi connectivity index (χ1) is 7.72. The number of nitrogens with zero attached hydrogens (tertiary/aromatic N) is 2. The Bertz CT molecular complexity index is 383. The Morgan fingerprint density at radius 3 is 2.81 bits per heavy atom. The molecule has 6 heteroatoms. The van der Waals surface area contributed by atoms with Crippen LogP contribution in [0.2, 0.25) is 0 Å². The molecular formula is C10H15N3O3. The highest BCUT2D eigenvalue weighted by atomic mass is 16.5. The predicted octanol–water partition coefficient (Wildman–Crippen LogP) is 0.341. The van der Waals surface area contributed by atoms with Gasteiger partial charge < -0.3 is 19.4 Å². The van der Waals surface area contributed by atoms with E-state index in [1.807, 2.05) is 11.8 Å². The van der Waals surface area contributed by atoms with Crippen molar-refractivity contribution in [2.24, 2.45) is 0 Å². The molecule has 0 aromatic carbocycles. The van der Waals surface area contributed by atoms with E-state index in [0.717, 1.165) is 13.1 Å². The Morgan fingerprint density at radius 1 is 1.50 bits per heavy atom. The summed E-state index contributed by atoms with van der Waals surface area (Å²) in [4.78, 5) is 20.8. The van der Waals surface area contributed by atoms with Gasteiger partial charge in [-0.2, -0.15) is 0 Å². The van der Waals surface area contributed by atoms with Crippen LogP contribution in [0.1, 0.15) is 16.3 Å². The first-order valence-corrected chi connectivity index (χ1v) is 5.20. The number of aromatic amines is 1. The van der Waals surface area contributed by atoms with Gasteiger partial charge in [0.2, 0.25) is 0 Å². The Labute approximate surface area is 93.6 Å². The fourth-order valence-electron chi connectivity index (χ4n) is 1.73. The third-order valence-corrected chi connectivity index (χ3v) is 2.50. The van der Waals surface area contributed by atoms with Gasteiger partial charge >= 0.3 is 5.97 Å². The summed E-state index contributed by atoms with van der Waals surface area (Å²) in [5.74, 6) is 0.983. The highest BCUT2D eigenvalue weighted by molar-refractivity contribution is 5.92. The number of rotatable bonds is 2. The molecule has 1 saturated heterocycles. The van der Waals surface area contributed by atoms with E-state index < -0.39 is 0 Å². The van der Waals surface area contributed by atoms with E-state index in [-0.39, 0.29) is 5.97 Å². The van der Waals surface area contributed by atoms with Crippen molar-refractivity contribution in [3.8, 4) is 0 Å². The molecule has 0 amide bonds. The number of imidazole rings is 1. The number of anilines is 1. The number of nitrogens with one attached hydrogen (secondary N) is 1. The van der Waals surface area contributed by atoms with Crippen LogP contribution in [0.25, 0.3) is 0 Å². The second-order valence-corrected chi connectivity index (χ2v) is 3.61. The van der Waals surface area contributed by atoms with E-state index in [2.05, 4.69) is 9.97 Å². The number of hydrogen-bond donors (Lipinski definition) is 1. The Morgan fingerprint density at radius 2 is 2.19 bits per heavy atom. The van der Waals surface area contributed by atoms with Gasteiger partial charge in [-0.15, -0.1) is 0 Å². The molecule has 1 aromatic rings. The minimum Gasteiger partial charge on any atom is -0.464 e. The van der Waals surface area contributed by atoms with Gasteiger partial charge in [-0.3, -0.25) is 0 Å². The monoisotopic (exact) mass is 225 g/mol. The summed E-state index contributed by atoms with van der Waals surface area (Å²) in [5.41, 5.74) is 0.418. The van der Waals surface area contributed by atoms with Crippen LogP contribution in [0.5, 0.6) is 0 Å². The predicted molar refractivity (Wildman–Crippen MR) is 57.7 cm³/mol. The van der Waals surface area contributed by atoms with Crippen LogP contribution in [0.15, 0.2) is 0 Å². The molecule has 1 aromatic heterocycles. The molecule has 1 aliphatic heterocycles. The first kappa shape index (κ1) is 10.9. The van der Waals surface area contributed by atoms with Gasteiger partial charge in [-0.1, -0.05) is 0 Å². The number of H-pyrrole nitrogens is 1. The molecule has 6 nitrogen and oxygen atoms in total. The highest BCUT2D eigenvalue weighted by Gasteiger charge is 2.23. The SMILES string of the molecule is COC(=O)c1[nH]c(C)nc1N1CCOCC1. The minimum absolute atomic E-state index is 0.387. The lowest BCUT2D eigenvalue weighted by atomic mass is 10.3. The number of carbonyl (C=O) groups is 1. The molecule has 0 unspecified atom stereocenters. The Hall–Kier alpha value is -1.56. The van der Waals surface area contributed by atoms with E-state index in [9.17, 15) is 4.79 Å². The maximum atomic E-state index is 11.5. The maximum absolute atomic E-state index is 11.5. The molecule has 2 rings (SSSR count). The van der Waals surface area contributed by atoms with Crippen LogP contribution >= 0.6 is 0 Å². The summed E-state index contributed by atoms with van der Waals surface area (Å²) in [6, 6.07) is 0. The van der Waals surface area contributed by atoms with Crippen molar-refractivity contribution in [1.82, 2.24) is 9.97 Å². The lowest BCUT2D eigenvalue weighted by Crippen LogP contribution is -2.37. The van der Waals surface area contributed by atoms with Crippen LogP contribution in [-0.2, 0) is 9.47 Å². The number of carbonyl (C=O) groups excluding carboxylic acids is 1. The van der Waals surface area contributed by atoms with Gasteiger partial charge in [0.05, 0.1) is 20.3 Å². The second kappa shape index (κ2) is 4.52. The van der Waals surface area contributed by atoms with Crippen molar-refractivity contribution >= 4 is 11.8 Å². The zero-order valence-corrected chi connectivity index (χ0v) is 9.45. The molecule has 0 aliphatic carbocycles. The molecule has 0 atom stereocenters. The summed E-state index contributed by atoms with van der Waals surface area (Å²) in [5, 5.41) is 0. The smallest absolute Gasteiger partial charge is 0.358 e. The lowest BCUT2D eigenvalue weighted by molar-refractivity contribution is 0.0594. The van der Waals surface area contributed by atoms with E-state index in [4.69, 9.17) is 9.47 Å².